The third-order valence-corrected chi connectivity index (χ3v) is 2.11. The molecule has 0 unspecified atom stereocenters. The van der Waals surface area contributed by atoms with Gasteiger partial charge in [0.05, 0.1) is 15.9 Å². The first-order chi connectivity index (χ1) is 4.86. The van der Waals surface area contributed by atoms with Crippen molar-refractivity contribution < 1.29 is 0 Å². The van der Waals surface area contributed by atoms with Crippen LogP contribution in [0.1, 0.15) is 5.01 Å². The zero-order valence-electron chi connectivity index (χ0n) is 5.40. The number of hydrogen-bond acceptors (Lipinski definition) is 4. The SMILES string of the molecule is Cc1nc2nnccc2s1. The zero-order valence-corrected chi connectivity index (χ0v) is 6.22. The van der Waals surface area contributed by atoms with Crippen LogP contribution in [-0.4, -0.2) is 15.2 Å². The van der Waals surface area contributed by atoms with E-state index < -0.39 is 0 Å². The Morgan fingerprint density at radius 3 is 3.20 bits per heavy atom. The molecule has 2 aromatic rings. The Hall–Kier alpha value is -1.03. The Kier molecular flexibility index (Phi) is 1.14. The Balaban J connectivity index is 2.88. The first kappa shape index (κ1) is 5.73. The van der Waals surface area contributed by atoms with Crippen LogP contribution in [0.3, 0.4) is 0 Å². The van der Waals surface area contributed by atoms with Gasteiger partial charge in [0.25, 0.3) is 0 Å². The highest BCUT2D eigenvalue weighted by Crippen LogP contribution is 2.17. The molecule has 0 fully saturated rings. The molecule has 0 saturated heterocycles. The van der Waals surface area contributed by atoms with Crippen LogP contribution in [0, 0.1) is 6.92 Å². The number of nitrogens with zero attached hydrogens (tertiary/aromatic N) is 3. The van der Waals surface area contributed by atoms with Gasteiger partial charge in [-0.05, 0) is 13.0 Å². The normalized spacial score (nSPS) is 10.5. The van der Waals surface area contributed by atoms with Gasteiger partial charge in [-0.15, -0.1) is 16.4 Å². The Labute approximate surface area is 61.7 Å². The lowest BCUT2D eigenvalue weighted by Gasteiger charge is -1.78. The Morgan fingerprint density at radius 2 is 2.40 bits per heavy atom. The minimum Gasteiger partial charge on any atom is -0.220 e. The first-order valence-corrected chi connectivity index (χ1v) is 3.73. The molecule has 0 atom stereocenters. The summed E-state index contributed by atoms with van der Waals surface area (Å²) in [4.78, 5) is 4.16. The van der Waals surface area contributed by atoms with E-state index in [0.29, 0.717) is 0 Å². The maximum Gasteiger partial charge on any atom is 0.192 e. The van der Waals surface area contributed by atoms with E-state index in [1.165, 1.54) is 0 Å². The highest BCUT2D eigenvalue weighted by atomic mass is 32.1. The van der Waals surface area contributed by atoms with E-state index in [0.717, 1.165) is 15.4 Å². The van der Waals surface area contributed by atoms with Gasteiger partial charge in [0, 0.05) is 0 Å². The molecule has 0 amide bonds. The fraction of sp³-hybridized carbons (Fsp3) is 0.167. The van der Waals surface area contributed by atoms with Gasteiger partial charge < -0.3 is 0 Å². The monoisotopic (exact) mass is 151 g/mol. The van der Waals surface area contributed by atoms with Crippen molar-refractivity contribution in [3.8, 4) is 0 Å². The summed E-state index contributed by atoms with van der Waals surface area (Å²) in [7, 11) is 0. The third-order valence-electron chi connectivity index (χ3n) is 1.19. The molecule has 2 rings (SSSR count). The van der Waals surface area contributed by atoms with E-state index in [2.05, 4.69) is 15.2 Å². The smallest absolute Gasteiger partial charge is 0.192 e. The average molecular weight is 151 g/mol. The summed E-state index contributed by atoms with van der Waals surface area (Å²) in [5.41, 5.74) is 0.755. The maximum absolute atomic E-state index is 4.16. The molecule has 10 heavy (non-hydrogen) atoms. The van der Waals surface area contributed by atoms with Crippen molar-refractivity contribution in [3.63, 3.8) is 0 Å². The molecule has 0 spiro atoms. The number of hydrogen-bond donors (Lipinski definition) is 0. The number of aromatic nitrogens is 3. The van der Waals surface area contributed by atoms with Crippen LogP contribution in [0.5, 0.6) is 0 Å². The number of thiazole rings is 1. The topological polar surface area (TPSA) is 38.7 Å². The molecule has 3 nitrogen and oxygen atoms in total. The van der Waals surface area contributed by atoms with Gasteiger partial charge in [-0.3, -0.25) is 0 Å². The van der Waals surface area contributed by atoms with Crippen molar-refractivity contribution >= 4 is 21.7 Å². The predicted molar refractivity (Wildman–Crippen MR) is 39.9 cm³/mol. The van der Waals surface area contributed by atoms with E-state index in [4.69, 9.17) is 0 Å². The van der Waals surface area contributed by atoms with Gasteiger partial charge in [0.1, 0.15) is 0 Å². The average Bonchev–Trinajstić information content (AvgIpc) is 2.27. The molecule has 2 aromatic heterocycles. The predicted octanol–water partition coefficient (Wildman–Crippen LogP) is 1.39. The number of rotatable bonds is 0. The zero-order chi connectivity index (χ0) is 6.97. The maximum atomic E-state index is 4.16. The van der Waals surface area contributed by atoms with Crippen molar-refractivity contribution in [2.24, 2.45) is 0 Å². The lowest BCUT2D eigenvalue weighted by molar-refractivity contribution is 1.05. The van der Waals surface area contributed by atoms with Gasteiger partial charge in [0.15, 0.2) is 5.65 Å². The molecule has 2 heterocycles. The number of aryl methyl sites for hydroxylation is 1. The first-order valence-electron chi connectivity index (χ1n) is 2.91. The molecule has 4 heteroatoms. The summed E-state index contributed by atoms with van der Waals surface area (Å²) in [5, 5.41) is 8.61. The number of fused-ring (bicyclic) bond motifs is 1. The minimum atomic E-state index is 0.755. The Bertz CT molecular complexity index is 322. The second-order valence-corrected chi connectivity index (χ2v) is 3.19. The molecule has 0 bridgehead atoms. The lowest BCUT2D eigenvalue weighted by Crippen LogP contribution is -1.78. The van der Waals surface area contributed by atoms with Gasteiger partial charge in [-0.2, -0.15) is 5.10 Å². The van der Waals surface area contributed by atoms with E-state index in [1.54, 1.807) is 17.5 Å². The second kappa shape index (κ2) is 1.98. The van der Waals surface area contributed by atoms with E-state index >= 15 is 0 Å². The van der Waals surface area contributed by atoms with Crippen molar-refractivity contribution in [2.75, 3.05) is 0 Å². The molecule has 0 aliphatic heterocycles. The molecular formula is C6H5N3S. The van der Waals surface area contributed by atoms with Crippen molar-refractivity contribution in [3.05, 3.63) is 17.3 Å². The van der Waals surface area contributed by atoms with Crippen LogP contribution < -0.4 is 0 Å². The van der Waals surface area contributed by atoms with Crippen molar-refractivity contribution in [1.82, 2.24) is 15.2 Å². The third kappa shape index (κ3) is 0.769. The van der Waals surface area contributed by atoms with Crippen LogP contribution in [0.2, 0.25) is 0 Å². The summed E-state index contributed by atoms with van der Waals surface area (Å²) in [6, 6.07) is 1.92. The largest absolute Gasteiger partial charge is 0.220 e. The summed E-state index contributed by atoms with van der Waals surface area (Å²) < 4.78 is 1.10. The van der Waals surface area contributed by atoms with E-state index in [-0.39, 0.29) is 0 Å². The van der Waals surface area contributed by atoms with E-state index in [1.807, 2.05) is 13.0 Å². The molecular weight excluding hydrogens is 146 g/mol. The van der Waals surface area contributed by atoms with Crippen LogP contribution in [0.15, 0.2) is 12.3 Å². The molecule has 0 saturated carbocycles. The van der Waals surface area contributed by atoms with Crippen LogP contribution in [-0.2, 0) is 0 Å². The van der Waals surface area contributed by atoms with Crippen molar-refractivity contribution in [1.29, 1.82) is 0 Å². The van der Waals surface area contributed by atoms with Gasteiger partial charge in [-0.1, -0.05) is 0 Å². The summed E-state index contributed by atoms with van der Waals surface area (Å²) >= 11 is 1.64. The Morgan fingerprint density at radius 1 is 1.50 bits per heavy atom. The van der Waals surface area contributed by atoms with Crippen molar-refractivity contribution in [2.45, 2.75) is 6.92 Å². The molecule has 0 aliphatic carbocycles. The summed E-state index contributed by atoms with van der Waals surface area (Å²) in [6.07, 6.45) is 1.68. The fourth-order valence-electron chi connectivity index (χ4n) is 0.801. The van der Waals surface area contributed by atoms with Crippen LogP contribution in [0.4, 0.5) is 0 Å². The summed E-state index contributed by atoms with van der Waals surface area (Å²) in [5.74, 6) is 0. The van der Waals surface area contributed by atoms with Gasteiger partial charge >= 0.3 is 0 Å². The highest BCUT2D eigenvalue weighted by molar-refractivity contribution is 7.18. The molecule has 0 radical (unpaired) electrons. The fourth-order valence-corrected chi connectivity index (χ4v) is 1.56. The minimum absolute atomic E-state index is 0.755. The standard InChI is InChI=1S/C6H5N3S/c1-4-8-6-5(10-4)2-3-7-9-6/h2-3H,1H3. The molecule has 0 aromatic carbocycles. The molecule has 0 N–H and O–H groups in total. The van der Waals surface area contributed by atoms with Gasteiger partial charge in [0.2, 0.25) is 0 Å². The quantitative estimate of drug-likeness (QED) is 0.571. The lowest BCUT2D eigenvalue weighted by atomic mass is 10.6. The second-order valence-electron chi connectivity index (χ2n) is 1.95. The van der Waals surface area contributed by atoms with E-state index in [9.17, 15) is 0 Å². The summed E-state index contributed by atoms with van der Waals surface area (Å²) in [6.45, 7) is 1.96. The van der Waals surface area contributed by atoms with Gasteiger partial charge in [-0.25, -0.2) is 4.98 Å². The highest BCUT2D eigenvalue weighted by Gasteiger charge is 1.98. The van der Waals surface area contributed by atoms with Crippen LogP contribution in [0.25, 0.3) is 10.3 Å². The van der Waals surface area contributed by atoms with Crippen LogP contribution >= 0.6 is 11.3 Å². The molecule has 0 aliphatic rings. The molecule has 50 valence electrons.